The quantitative estimate of drug-likeness (QED) is 0.418. The first kappa shape index (κ1) is 28.7. The second-order valence-electron chi connectivity index (χ2n) is 7.63. The summed E-state index contributed by atoms with van der Waals surface area (Å²) in [5, 5.41) is 21.1. The zero-order valence-corrected chi connectivity index (χ0v) is 20.5. The van der Waals surface area contributed by atoms with Gasteiger partial charge in [0.2, 0.25) is 0 Å². The van der Waals surface area contributed by atoms with E-state index in [1.54, 1.807) is 31.2 Å². The minimum absolute atomic E-state index is 0.0237. The lowest BCUT2D eigenvalue weighted by molar-refractivity contribution is -0.151. The molecule has 0 spiro atoms. The molecule has 3 atom stereocenters. The van der Waals surface area contributed by atoms with E-state index in [4.69, 9.17) is 19.3 Å². The summed E-state index contributed by atoms with van der Waals surface area (Å²) in [7, 11) is 1.37. The molecule has 0 saturated heterocycles. The number of hydrogen-bond acceptors (Lipinski definition) is 8. The number of carbonyl (C=O) groups excluding carboxylic acids is 2. The Hall–Kier alpha value is -3.33. The largest absolute Gasteiger partial charge is 0.508 e. The second-order valence-corrected chi connectivity index (χ2v) is 7.63. The van der Waals surface area contributed by atoms with Crippen molar-refractivity contribution < 1.29 is 34.0 Å². The normalized spacial score (nSPS) is 13.0. The lowest BCUT2D eigenvalue weighted by Crippen LogP contribution is -2.41. The number of phenolic OH excluding ortho intramolecular Hbond substituents is 1. The van der Waals surface area contributed by atoms with E-state index in [9.17, 15) is 14.7 Å². The van der Waals surface area contributed by atoms with Crippen LogP contribution >= 0.6 is 0 Å². The van der Waals surface area contributed by atoms with Crippen molar-refractivity contribution in [1.82, 2.24) is 10.3 Å². The average Bonchev–Trinajstić information content (AvgIpc) is 2.82. The van der Waals surface area contributed by atoms with Crippen LogP contribution in [-0.2, 0) is 14.3 Å². The molecule has 0 aliphatic rings. The van der Waals surface area contributed by atoms with Crippen molar-refractivity contribution >= 4 is 11.9 Å². The molecule has 1 heterocycles. The van der Waals surface area contributed by atoms with Crippen molar-refractivity contribution in [3.63, 3.8) is 0 Å². The van der Waals surface area contributed by atoms with Gasteiger partial charge in [-0.05, 0) is 38.8 Å². The number of carbonyl (C=O) groups is 2. The van der Waals surface area contributed by atoms with Crippen LogP contribution in [0, 0.1) is 0 Å². The molecule has 1 aromatic heterocycles. The molecule has 34 heavy (non-hydrogen) atoms. The van der Waals surface area contributed by atoms with Gasteiger partial charge in [0.1, 0.15) is 17.9 Å². The number of nitrogens with one attached hydrogen (secondary N) is 1. The highest BCUT2D eigenvalue weighted by atomic mass is 16.5. The maximum absolute atomic E-state index is 12.3. The third kappa shape index (κ3) is 10.1. The molecule has 3 N–H and O–H groups in total. The van der Waals surface area contributed by atoms with Crippen LogP contribution in [0.3, 0.4) is 0 Å². The molecule has 2 rings (SSSR count). The molecule has 9 heteroatoms. The molecule has 0 saturated carbocycles. The van der Waals surface area contributed by atoms with E-state index >= 15 is 0 Å². The highest BCUT2D eigenvalue weighted by molar-refractivity contribution is 5.97. The van der Waals surface area contributed by atoms with Crippen molar-refractivity contribution in [2.75, 3.05) is 13.7 Å². The van der Waals surface area contributed by atoms with Gasteiger partial charge in [0.05, 0.1) is 13.2 Å². The fourth-order valence-corrected chi connectivity index (χ4v) is 2.87. The SMILES string of the molecule is CCCOC(CC)CC(C)OC(=O)[C@H](C)NC(=O)c1nccc(OC)c1O.Oc1ccccc1. The summed E-state index contributed by atoms with van der Waals surface area (Å²) in [5.74, 6) is -1.20. The van der Waals surface area contributed by atoms with E-state index in [0.717, 1.165) is 12.8 Å². The van der Waals surface area contributed by atoms with Gasteiger partial charge in [0, 0.05) is 25.3 Å². The lowest BCUT2D eigenvalue weighted by Gasteiger charge is -2.22. The Bertz CT molecular complexity index is 877. The van der Waals surface area contributed by atoms with Crippen LogP contribution in [0.1, 0.15) is 57.4 Å². The van der Waals surface area contributed by atoms with Crippen LogP contribution in [-0.4, -0.2) is 59.0 Å². The number of ether oxygens (including phenoxy) is 3. The second kappa shape index (κ2) is 15.5. The Morgan fingerprint density at radius 2 is 1.76 bits per heavy atom. The Balaban J connectivity index is 0.000000700. The van der Waals surface area contributed by atoms with E-state index in [-0.39, 0.29) is 29.4 Å². The summed E-state index contributed by atoms with van der Waals surface area (Å²) in [4.78, 5) is 28.3. The third-order valence-corrected chi connectivity index (χ3v) is 4.70. The van der Waals surface area contributed by atoms with Crippen LogP contribution < -0.4 is 10.1 Å². The number of phenols is 1. The van der Waals surface area contributed by atoms with Gasteiger partial charge in [-0.2, -0.15) is 0 Å². The van der Waals surface area contributed by atoms with Gasteiger partial charge >= 0.3 is 5.97 Å². The van der Waals surface area contributed by atoms with Crippen LogP contribution in [0.5, 0.6) is 17.2 Å². The van der Waals surface area contributed by atoms with Crippen molar-refractivity contribution in [2.24, 2.45) is 0 Å². The number of pyridine rings is 1. The van der Waals surface area contributed by atoms with E-state index < -0.39 is 17.9 Å². The highest BCUT2D eigenvalue weighted by Gasteiger charge is 2.24. The van der Waals surface area contributed by atoms with E-state index in [0.29, 0.717) is 18.8 Å². The standard InChI is InChI=1S/C19H30N2O6.C6H6O/c1-6-10-26-14(7-2)11-12(3)27-19(24)13(4)21-18(23)16-17(22)15(25-5)8-9-20-16;7-6-4-2-1-3-5-6/h8-9,12-14,22H,6-7,10-11H2,1-5H3,(H,21,23);1-5,7H/t12?,13-,14?;/m0./s1. The Kier molecular flexibility index (Phi) is 13.1. The third-order valence-electron chi connectivity index (χ3n) is 4.70. The Labute approximate surface area is 201 Å². The number of aromatic nitrogens is 1. The summed E-state index contributed by atoms with van der Waals surface area (Å²) < 4.78 is 16.0. The number of nitrogens with zero attached hydrogens (tertiary/aromatic N) is 1. The first-order chi connectivity index (χ1) is 16.2. The molecule has 2 unspecified atom stereocenters. The molecule has 0 aliphatic carbocycles. The summed E-state index contributed by atoms with van der Waals surface area (Å²) in [6.07, 6.45) is 3.35. The molecule has 0 radical (unpaired) electrons. The van der Waals surface area contributed by atoms with Gasteiger partial charge in [-0.25, -0.2) is 9.78 Å². The molecule has 9 nitrogen and oxygen atoms in total. The minimum Gasteiger partial charge on any atom is -0.508 e. The monoisotopic (exact) mass is 476 g/mol. The molecule has 188 valence electrons. The minimum atomic E-state index is -0.899. The van der Waals surface area contributed by atoms with Gasteiger partial charge in [-0.1, -0.05) is 32.0 Å². The van der Waals surface area contributed by atoms with E-state index in [1.165, 1.54) is 26.3 Å². The van der Waals surface area contributed by atoms with Crippen LogP contribution in [0.15, 0.2) is 42.6 Å². The van der Waals surface area contributed by atoms with Crippen LogP contribution in [0.2, 0.25) is 0 Å². The lowest BCUT2D eigenvalue weighted by atomic mass is 10.1. The van der Waals surface area contributed by atoms with Crippen molar-refractivity contribution in [3.8, 4) is 17.2 Å². The summed E-state index contributed by atoms with van der Waals surface area (Å²) in [6.45, 7) is 8.03. The Morgan fingerprint density at radius 1 is 1.09 bits per heavy atom. The predicted octanol–water partition coefficient (Wildman–Crippen LogP) is 3.83. The molecular weight excluding hydrogens is 440 g/mol. The molecular formula is C25H36N2O7. The number of esters is 1. The molecule has 0 fully saturated rings. The van der Waals surface area contributed by atoms with E-state index in [2.05, 4.69) is 10.3 Å². The first-order valence-electron chi connectivity index (χ1n) is 11.3. The summed E-state index contributed by atoms with van der Waals surface area (Å²) >= 11 is 0. The zero-order chi connectivity index (χ0) is 25.5. The number of benzene rings is 1. The van der Waals surface area contributed by atoms with Gasteiger partial charge < -0.3 is 29.7 Å². The highest BCUT2D eigenvalue weighted by Crippen LogP contribution is 2.27. The Morgan fingerprint density at radius 3 is 2.29 bits per heavy atom. The summed E-state index contributed by atoms with van der Waals surface area (Å²) in [5.41, 5.74) is -0.221. The zero-order valence-electron chi connectivity index (χ0n) is 20.5. The predicted molar refractivity (Wildman–Crippen MR) is 128 cm³/mol. The topological polar surface area (TPSA) is 127 Å². The fraction of sp³-hybridized carbons (Fsp3) is 0.480. The number of aromatic hydroxyl groups is 2. The maximum Gasteiger partial charge on any atom is 0.328 e. The molecule has 0 aliphatic heterocycles. The summed E-state index contributed by atoms with van der Waals surface area (Å²) in [6, 6.07) is 9.24. The molecule has 1 amide bonds. The van der Waals surface area contributed by atoms with Gasteiger partial charge in [-0.15, -0.1) is 0 Å². The van der Waals surface area contributed by atoms with Crippen molar-refractivity contribution in [3.05, 3.63) is 48.3 Å². The first-order valence-corrected chi connectivity index (χ1v) is 11.3. The van der Waals surface area contributed by atoms with Gasteiger partial charge in [0.15, 0.2) is 17.2 Å². The molecule has 2 aromatic rings. The smallest absolute Gasteiger partial charge is 0.328 e. The molecule has 0 bridgehead atoms. The number of methoxy groups -OCH3 is 1. The van der Waals surface area contributed by atoms with Crippen LogP contribution in [0.25, 0.3) is 0 Å². The van der Waals surface area contributed by atoms with Gasteiger partial charge in [-0.3, -0.25) is 4.79 Å². The number of rotatable bonds is 11. The van der Waals surface area contributed by atoms with Gasteiger partial charge in [0.25, 0.3) is 5.91 Å². The average molecular weight is 477 g/mol. The molecule has 1 aromatic carbocycles. The number of amides is 1. The number of para-hydroxylation sites is 1. The maximum atomic E-state index is 12.3. The number of hydrogen-bond donors (Lipinski definition) is 3. The van der Waals surface area contributed by atoms with Crippen molar-refractivity contribution in [2.45, 2.75) is 65.2 Å². The van der Waals surface area contributed by atoms with E-state index in [1.807, 2.05) is 19.9 Å². The fourth-order valence-electron chi connectivity index (χ4n) is 2.87. The van der Waals surface area contributed by atoms with Crippen molar-refractivity contribution in [1.29, 1.82) is 0 Å². The van der Waals surface area contributed by atoms with Crippen LogP contribution in [0.4, 0.5) is 0 Å².